The van der Waals surface area contributed by atoms with E-state index in [0.717, 1.165) is 30.7 Å². The molecular weight excluding hydrogens is 386 g/mol. The van der Waals surface area contributed by atoms with Gasteiger partial charge in [0.15, 0.2) is 0 Å². The lowest BCUT2D eigenvalue weighted by atomic mass is 9.73. The summed E-state index contributed by atoms with van der Waals surface area (Å²) in [6.07, 6.45) is 4.45. The number of rotatable bonds is 6. The van der Waals surface area contributed by atoms with Crippen LogP contribution in [0, 0.1) is 23.7 Å². The maximum Gasteiger partial charge on any atom is 0.224 e. The van der Waals surface area contributed by atoms with Crippen LogP contribution in [0.25, 0.3) is 0 Å². The third-order valence-electron chi connectivity index (χ3n) is 5.70. The summed E-state index contributed by atoms with van der Waals surface area (Å²) < 4.78 is 0. The fraction of sp³-hybridized carbons (Fsp3) is 0.500. The van der Waals surface area contributed by atoms with Crippen molar-refractivity contribution in [2.45, 2.75) is 58.6 Å². The van der Waals surface area contributed by atoms with E-state index in [0.29, 0.717) is 23.9 Å². The molecule has 3 rings (SSSR count). The van der Waals surface area contributed by atoms with Gasteiger partial charge < -0.3 is 15.7 Å². The first-order valence-corrected chi connectivity index (χ1v) is 10.4. The van der Waals surface area contributed by atoms with Crippen LogP contribution in [-0.2, 0) is 6.42 Å². The number of anilines is 2. The van der Waals surface area contributed by atoms with Gasteiger partial charge in [0, 0.05) is 17.6 Å². The second-order valence-corrected chi connectivity index (χ2v) is 8.88. The predicted octanol–water partition coefficient (Wildman–Crippen LogP) is 4.32. The first-order valence-electron chi connectivity index (χ1n) is 9.99. The van der Waals surface area contributed by atoms with Crippen LogP contribution in [0.3, 0.4) is 0 Å². The number of nitrogens with one attached hydrogen (secondary N) is 2. The molecule has 0 spiro atoms. The Bertz CT molecular complexity index is 909. The van der Waals surface area contributed by atoms with Gasteiger partial charge in [-0.1, -0.05) is 31.5 Å². The van der Waals surface area contributed by atoms with E-state index in [9.17, 15) is 10.4 Å². The van der Waals surface area contributed by atoms with E-state index in [-0.39, 0.29) is 17.6 Å². The molecule has 1 aromatic carbocycles. The highest BCUT2D eigenvalue weighted by molar-refractivity contribution is 6.30. The van der Waals surface area contributed by atoms with Gasteiger partial charge in [-0.05, 0) is 61.3 Å². The van der Waals surface area contributed by atoms with Crippen LogP contribution < -0.4 is 10.6 Å². The van der Waals surface area contributed by atoms with E-state index in [4.69, 9.17) is 11.6 Å². The van der Waals surface area contributed by atoms with Crippen LogP contribution in [0.15, 0.2) is 24.4 Å². The minimum absolute atomic E-state index is 0.161. The van der Waals surface area contributed by atoms with Gasteiger partial charge in [-0.3, -0.25) is 0 Å². The number of halogens is 1. The molecule has 1 aliphatic rings. The molecule has 0 bridgehead atoms. The van der Waals surface area contributed by atoms with Gasteiger partial charge in [0.05, 0.1) is 12.3 Å². The summed E-state index contributed by atoms with van der Waals surface area (Å²) in [6.45, 7) is 6.87. The van der Waals surface area contributed by atoms with Gasteiger partial charge in [0.2, 0.25) is 5.95 Å². The predicted molar refractivity (Wildman–Crippen MR) is 116 cm³/mol. The minimum Gasteiger partial charge on any atom is -0.393 e. The Labute approximate surface area is 177 Å². The fourth-order valence-electron chi connectivity index (χ4n) is 3.82. The lowest BCUT2D eigenvalue weighted by Crippen LogP contribution is -2.41. The number of nitriles is 1. The molecule has 1 aliphatic carbocycles. The number of benzene rings is 1. The van der Waals surface area contributed by atoms with Gasteiger partial charge >= 0.3 is 0 Å². The third-order valence-corrected chi connectivity index (χ3v) is 5.94. The minimum atomic E-state index is -0.298. The molecule has 154 valence electrons. The van der Waals surface area contributed by atoms with Crippen LogP contribution >= 0.6 is 11.6 Å². The molecule has 0 radical (unpaired) electrons. The van der Waals surface area contributed by atoms with E-state index in [2.05, 4.69) is 47.4 Å². The standard InChI is InChI=1S/C22H28ClN5O/c1-14-4-5-17(23)10-15(14)8-9-25-21-26-13-16(12-24)20(28-21)27-18-6-7-19(29)22(2,3)11-18/h4-5,10,13,18-19,29H,6-9,11H2,1-3H3,(H2,25,26,27,28)/t18-,19+/m1/s1. The van der Waals surface area contributed by atoms with Gasteiger partial charge in [-0.2, -0.15) is 10.2 Å². The number of aryl methyl sites for hydroxylation is 1. The summed E-state index contributed by atoms with van der Waals surface area (Å²) in [5.74, 6) is 1.03. The molecule has 0 unspecified atom stereocenters. The molecule has 6 nitrogen and oxygen atoms in total. The number of hydrogen-bond acceptors (Lipinski definition) is 6. The van der Waals surface area contributed by atoms with Crippen molar-refractivity contribution < 1.29 is 5.11 Å². The summed E-state index contributed by atoms with van der Waals surface area (Å²) in [7, 11) is 0. The Kier molecular flexibility index (Phi) is 6.61. The molecule has 2 atom stereocenters. The normalized spacial score (nSPS) is 20.7. The Morgan fingerprint density at radius 3 is 2.86 bits per heavy atom. The second kappa shape index (κ2) is 8.98. The van der Waals surface area contributed by atoms with Crippen molar-refractivity contribution in [3.63, 3.8) is 0 Å². The zero-order chi connectivity index (χ0) is 21.0. The summed E-state index contributed by atoms with van der Waals surface area (Å²) in [4.78, 5) is 8.80. The zero-order valence-electron chi connectivity index (χ0n) is 17.2. The van der Waals surface area contributed by atoms with Crippen LogP contribution in [0.2, 0.25) is 5.02 Å². The van der Waals surface area contributed by atoms with Crippen molar-refractivity contribution >= 4 is 23.4 Å². The molecule has 3 N–H and O–H groups in total. The van der Waals surface area contributed by atoms with Gasteiger partial charge in [-0.25, -0.2) is 4.98 Å². The topological polar surface area (TPSA) is 93.9 Å². The summed E-state index contributed by atoms with van der Waals surface area (Å²) in [6, 6.07) is 8.20. The maximum absolute atomic E-state index is 10.2. The molecule has 0 aliphatic heterocycles. The fourth-order valence-corrected chi connectivity index (χ4v) is 4.01. The first kappa shape index (κ1) is 21.4. The van der Waals surface area contributed by atoms with E-state index >= 15 is 0 Å². The van der Waals surface area contributed by atoms with Crippen molar-refractivity contribution in [1.82, 2.24) is 9.97 Å². The van der Waals surface area contributed by atoms with Crippen molar-refractivity contribution in [2.24, 2.45) is 5.41 Å². The van der Waals surface area contributed by atoms with E-state index in [1.165, 1.54) is 11.1 Å². The Hall–Kier alpha value is -2.36. The zero-order valence-corrected chi connectivity index (χ0v) is 17.9. The molecule has 7 heteroatoms. The first-order chi connectivity index (χ1) is 13.8. The number of nitrogens with zero attached hydrogens (tertiary/aromatic N) is 3. The Morgan fingerprint density at radius 1 is 1.34 bits per heavy atom. The maximum atomic E-state index is 10.2. The molecule has 2 aromatic rings. The molecule has 1 saturated carbocycles. The lowest BCUT2D eigenvalue weighted by molar-refractivity contribution is 0.00926. The highest BCUT2D eigenvalue weighted by Crippen LogP contribution is 2.36. The highest BCUT2D eigenvalue weighted by atomic mass is 35.5. The Morgan fingerprint density at radius 2 is 2.14 bits per heavy atom. The monoisotopic (exact) mass is 413 g/mol. The van der Waals surface area contributed by atoms with Crippen molar-refractivity contribution in [3.8, 4) is 6.07 Å². The number of aromatic nitrogens is 2. The third kappa shape index (κ3) is 5.37. The summed E-state index contributed by atoms with van der Waals surface area (Å²) in [5, 5.41) is 27.0. The average Bonchev–Trinajstić information content (AvgIpc) is 2.67. The van der Waals surface area contributed by atoms with Crippen molar-refractivity contribution in [3.05, 3.63) is 46.1 Å². The van der Waals surface area contributed by atoms with Crippen LogP contribution in [0.4, 0.5) is 11.8 Å². The van der Waals surface area contributed by atoms with Gasteiger partial charge in [0.25, 0.3) is 0 Å². The van der Waals surface area contributed by atoms with Crippen LogP contribution in [0.1, 0.15) is 49.8 Å². The quantitative estimate of drug-likeness (QED) is 0.653. The SMILES string of the molecule is Cc1ccc(Cl)cc1CCNc1ncc(C#N)c(N[C@@H]2CC[C@H](O)C(C)(C)C2)n1. The number of aliphatic hydroxyl groups excluding tert-OH is 1. The molecule has 0 amide bonds. The molecular formula is C22H28ClN5O. The largest absolute Gasteiger partial charge is 0.393 e. The Balaban J connectivity index is 1.66. The molecule has 1 aromatic heterocycles. The summed E-state index contributed by atoms with van der Waals surface area (Å²) >= 11 is 6.09. The lowest BCUT2D eigenvalue weighted by Gasteiger charge is -2.40. The molecule has 29 heavy (non-hydrogen) atoms. The average molecular weight is 414 g/mol. The molecule has 1 heterocycles. The van der Waals surface area contributed by atoms with E-state index in [1.807, 2.05) is 18.2 Å². The van der Waals surface area contributed by atoms with E-state index in [1.54, 1.807) is 6.20 Å². The van der Waals surface area contributed by atoms with Crippen molar-refractivity contribution in [1.29, 1.82) is 5.26 Å². The summed E-state index contributed by atoms with van der Waals surface area (Å²) in [5.41, 5.74) is 2.64. The van der Waals surface area contributed by atoms with Crippen LogP contribution in [0.5, 0.6) is 0 Å². The van der Waals surface area contributed by atoms with Crippen LogP contribution in [-0.4, -0.2) is 33.8 Å². The smallest absolute Gasteiger partial charge is 0.224 e. The molecule has 1 fully saturated rings. The molecule has 0 saturated heterocycles. The van der Waals surface area contributed by atoms with Gasteiger partial charge in [0.1, 0.15) is 17.5 Å². The van der Waals surface area contributed by atoms with Crippen molar-refractivity contribution in [2.75, 3.05) is 17.2 Å². The second-order valence-electron chi connectivity index (χ2n) is 8.44. The number of hydrogen-bond donors (Lipinski definition) is 3. The van der Waals surface area contributed by atoms with Gasteiger partial charge in [-0.15, -0.1) is 0 Å². The highest BCUT2D eigenvalue weighted by Gasteiger charge is 2.35. The van der Waals surface area contributed by atoms with E-state index < -0.39 is 0 Å². The number of aliphatic hydroxyl groups is 1.